The molecule has 1 atom stereocenters. The summed E-state index contributed by atoms with van der Waals surface area (Å²) in [7, 11) is 0. The van der Waals surface area contributed by atoms with Gasteiger partial charge in [0, 0.05) is 17.4 Å². The minimum absolute atomic E-state index is 0.272. The van der Waals surface area contributed by atoms with Crippen LogP contribution in [0.3, 0.4) is 0 Å². The lowest BCUT2D eigenvalue weighted by molar-refractivity contribution is 0.112. The molecule has 0 amide bonds. The summed E-state index contributed by atoms with van der Waals surface area (Å²) in [6, 6.07) is 4.93. The molecule has 0 aliphatic carbocycles. The van der Waals surface area contributed by atoms with Gasteiger partial charge >= 0.3 is 0 Å². The van der Waals surface area contributed by atoms with Crippen molar-refractivity contribution in [2.45, 2.75) is 6.92 Å². The van der Waals surface area contributed by atoms with Crippen molar-refractivity contribution in [3.63, 3.8) is 0 Å². The Morgan fingerprint density at radius 1 is 1.53 bits per heavy atom. The van der Waals surface area contributed by atoms with Crippen molar-refractivity contribution in [1.82, 2.24) is 0 Å². The van der Waals surface area contributed by atoms with Crippen molar-refractivity contribution < 1.29 is 9.53 Å². The Kier molecular flexibility index (Phi) is 4.92. The van der Waals surface area contributed by atoms with Gasteiger partial charge in [-0.1, -0.05) is 18.5 Å². The number of benzene rings is 1. The number of alkyl halides is 1. The molecule has 0 saturated carbocycles. The summed E-state index contributed by atoms with van der Waals surface area (Å²) in [5.74, 6) is 1.40. The van der Waals surface area contributed by atoms with Crippen LogP contribution in [-0.2, 0) is 0 Å². The number of carbonyl (C=O) groups excluding carboxylic acids is 1. The topological polar surface area (TPSA) is 26.3 Å². The van der Waals surface area contributed by atoms with E-state index in [2.05, 4.69) is 0 Å². The summed E-state index contributed by atoms with van der Waals surface area (Å²) in [6.07, 6.45) is 0.747. The quantitative estimate of drug-likeness (QED) is 0.588. The van der Waals surface area contributed by atoms with Crippen LogP contribution >= 0.6 is 23.2 Å². The minimum Gasteiger partial charge on any atom is -0.492 e. The maximum absolute atomic E-state index is 10.5. The average Bonchev–Trinajstić information content (AvgIpc) is 2.26. The fraction of sp³-hybridized carbons (Fsp3) is 0.364. The number of carbonyl (C=O) groups is 1. The van der Waals surface area contributed by atoms with Crippen LogP contribution in [0.2, 0.25) is 5.02 Å². The molecule has 1 unspecified atom stereocenters. The summed E-state index contributed by atoms with van der Waals surface area (Å²) in [4.78, 5) is 10.5. The Morgan fingerprint density at radius 3 is 2.80 bits per heavy atom. The predicted octanol–water partition coefficient (Wildman–Crippen LogP) is 3.41. The van der Waals surface area contributed by atoms with Crippen molar-refractivity contribution >= 4 is 29.5 Å². The fourth-order valence-electron chi connectivity index (χ4n) is 0.984. The molecule has 0 bridgehead atoms. The third-order valence-electron chi connectivity index (χ3n) is 1.88. The van der Waals surface area contributed by atoms with Crippen molar-refractivity contribution in [2.24, 2.45) is 5.92 Å². The van der Waals surface area contributed by atoms with Gasteiger partial charge in [0.25, 0.3) is 0 Å². The van der Waals surface area contributed by atoms with Gasteiger partial charge in [0.15, 0.2) is 0 Å². The largest absolute Gasteiger partial charge is 0.492 e. The lowest BCUT2D eigenvalue weighted by Crippen LogP contribution is -2.09. The zero-order chi connectivity index (χ0) is 11.3. The van der Waals surface area contributed by atoms with Gasteiger partial charge in [-0.25, -0.2) is 0 Å². The highest BCUT2D eigenvalue weighted by atomic mass is 35.5. The smallest absolute Gasteiger partial charge is 0.150 e. The number of aldehydes is 1. The molecule has 0 N–H and O–H groups in total. The molecule has 1 rings (SSSR count). The fourth-order valence-corrected chi connectivity index (χ4v) is 1.32. The molecule has 0 radical (unpaired) electrons. The normalized spacial score (nSPS) is 12.2. The van der Waals surface area contributed by atoms with Crippen LogP contribution in [0, 0.1) is 5.92 Å². The standard InChI is InChI=1S/C11H12Cl2O2/c1-8(5-12)7-15-11-3-2-9(6-14)4-10(11)13/h2-4,6,8H,5,7H2,1H3. The maximum Gasteiger partial charge on any atom is 0.150 e. The van der Waals surface area contributed by atoms with Crippen molar-refractivity contribution in [2.75, 3.05) is 12.5 Å². The summed E-state index contributed by atoms with van der Waals surface area (Å²) in [6.45, 7) is 2.50. The number of ether oxygens (including phenoxy) is 1. The van der Waals surface area contributed by atoms with Gasteiger partial charge in [-0.15, -0.1) is 11.6 Å². The molecule has 0 aliphatic heterocycles. The molecule has 0 aliphatic rings. The number of halogens is 2. The van der Waals surface area contributed by atoms with Crippen LogP contribution in [0.5, 0.6) is 5.75 Å². The summed E-state index contributed by atoms with van der Waals surface area (Å²) < 4.78 is 5.46. The molecule has 82 valence electrons. The van der Waals surface area contributed by atoms with E-state index in [1.807, 2.05) is 6.92 Å². The molecular weight excluding hydrogens is 235 g/mol. The number of rotatable bonds is 5. The predicted molar refractivity (Wildman–Crippen MR) is 62.2 cm³/mol. The van der Waals surface area contributed by atoms with Gasteiger partial charge in [-0.3, -0.25) is 4.79 Å². The van der Waals surface area contributed by atoms with Gasteiger partial charge in [0.1, 0.15) is 12.0 Å². The van der Waals surface area contributed by atoms with E-state index in [9.17, 15) is 4.79 Å². The van der Waals surface area contributed by atoms with Crippen LogP contribution in [0.1, 0.15) is 17.3 Å². The van der Waals surface area contributed by atoms with Gasteiger partial charge in [-0.2, -0.15) is 0 Å². The van der Waals surface area contributed by atoms with Crippen LogP contribution in [-0.4, -0.2) is 18.8 Å². The molecule has 15 heavy (non-hydrogen) atoms. The molecule has 0 spiro atoms. The van der Waals surface area contributed by atoms with E-state index < -0.39 is 0 Å². The molecular formula is C11H12Cl2O2. The van der Waals surface area contributed by atoms with Crippen LogP contribution in [0.15, 0.2) is 18.2 Å². The highest BCUT2D eigenvalue weighted by Gasteiger charge is 2.05. The molecule has 0 saturated heterocycles. The van der Waals surface area contributed by atoms with Gasteiger partial charge in [0.05, 0.1) is 11.6 Å². The third-order valence-corrected chi connectivity index (χ3v) is 2.70. The van der Waals surface area contributed by atoms with Crippen LogP contribution < -0.4 is 4.74 Å². The highest BCUT2D eigenvalue weighted by molar-refractivity contribution is 6.32. The molecule has 2 nitrogen and oxygen atoms in total. The first-order valence-electron chi connectivity index (χ1n) is 4.61. The first kappa shape index (κ1) is 12.3. The Labute approximate surface area is 99.1 Å². The van der Waals surface area contributed by atoms with Crippen LogP contribution in [0.4, 0.5) is 0 Å². The van der Waals surface area contributed by atoms with Crippen molar-refractivity contribution in [3.8, 4) is 5.75 Å². The monoisotopic (exact) mass is 246 g/mol. The molecule has 1 aromatic carbocycles. The first-order valence-corrected chi connectivity index (χ1v) is 5.52. The van der Waals surface area contributed by atoms with Crippen molar-refractivity contribution in [3.05, 3.63) is 28.8 Å². The molecule has 0 heterocycles. The lowest BCUT2D eigenvalue weighted by atomic mass is 10.2. The summed E-state index contributed by atoms with van der Waals surface area (Å²) in [5.41, 5.74) is 0.540. The zero-order valence-electron chi connectivity index (χ0n) is 8.37. The minimum atomic E-state index is 0.272. The van der Waals surface area contributed by atoms with E-state index in [1.54, 1.807) is 18.2 Å². The van der Waals surface area contributed by atoms with Gasteiger partial charge in [-0.05, 0) is 18.2 Å². The summed E-state index contributed by atoms with van der Waals surface area (Å²) in [5, 5.41) is 0.446. The van der Waals surface area contributed by atoms with E-state index in [-0.39, 0.29) is 5.92 Å². The SMILES string of the molecule is CC(CCl)COc1ccc(C=O)cc1Cl. The maximum atomic E-state index is 10.5. The summed E-state index contributed by atoms with van der Waals surface area (Å²) >= 11 is 11.6. The number of hydrogen-bond donors (Lipinski definition) is 0. The van der Waals surface area contributed by atoms with Crippen molar-refractivity contribution in [1.29, 1.82) is 0 Å². The van der Waals surface area contributed by atoms with Gasteiger partial charge < -0.3 is 4.74 Å². The Hall–Kier alpha value is -0.730. The molecule has 4 heteroatoms. The first-order chi connectivity index (χ1) is 7.17. The Bertz CT molecular complexity index is 339. The van der Waals surface area contributed by atoms with E-state index in [4.69, 9.17) is 27.9 Å². The second-order valence-electron chi connectivity index (χ2n) is 3.38. The van der Waals surface area contributed by atoms with E-state index in [1.165, 1.54) is 0 Å². The van der Waals surface area contributed by atoms with Crippen LogP contribution in [0.25, 0.3) is 0 Å². The molecule has 1 aromatic rings. The number of hydrogen-bond acceptors (Lipinski definition) is 2. The highest BCUT2D eigenvalue weighted by Crippen LogP contribution is 2.25. The Balaban J connectivity index is 2.65. The Morgan fingerprint density at radius 2 is 2.27 bits per heavy atom. The van der Waals surface area contributed by atoms with E-state index in [0.29, 0.717) is 28.8 Å². The second kappa shape index (κ2) is 5.99. The van der Waals surface area contributed by atoms with E-state index >= 15 is 0 Å². The second-order valence-corrected chi connectivity index (χ2v) is 4.09. The van der Waals surface area contributed by atoms with E-state index in [0.717, 1.165) is 6.29 Å². The molecule has 0 fully saturated rings. The molecule has 0 aromatic heterocycles. The van der Waals surface area contributed by atoms with Gasteiger partial charge in [0.2, 0.25) is 0 Å². The third kappa shape index (κ3) is 3.73. The average molecular weight is 247 g/mol. The lowest BCUT2D eigenvalue weighted by Gasteiger charge is -2.11. The zero-order valence-corrected chi connectivity index (χ0v) is 9.89.